The van der Waals surface area contributed by atoms with Gasteiger partial charge in [-0.15, -0.1) is 0 Å². The number of anilines is 1. The highest BCUT2D eigenvalue weighted by atomic mass is 16.5. The summed E-state index contributed by atoms with van der Waals surface area (Å²) in [5.74, 6) is 1.31. The van der Waals surface area contributed by atoms with E-state index in [1.54, 1.807) is 7.11 Å². The van der Waals surface area contributed by atoms with E-state index in [9.17, 15) is 0 Å². The number of methoxy groups -OCH3 is 1. The molecule has 0 fully saturated rings. The molecule has 3 N–H and O–H groups in total. The van der Waals surface area contributed by atoms with E-state index < -0.39 is 0 Å². The van der Waals surface area contributed by atoms with Crippen molar-refractivity contribution in [2.45, 2.75) is 20.3 Å². The zero-order valence-electron chi connectivity index (χ0n) is 13.4. The number of hydrogen-bond donors (Lipinski definition) is 2. The average molecular weight is 297 g/mol. The number of ether oxygens (including phenoxy) is 1. The van der Waals surface area contributed by atoms with E-state index in [-0.39, 0.29) is 0 Å². The number of guanidine groups is 1. The lowest BCUT2D eigenvalue weighted by Crippen LogP contribution is -2.23. The second-order valence-corrected chi connectivity index (χ2v) is 5.37. The highest BCUT2D eigenvalue weighted by Gasteiger charge is 1.98. The van der Waals surface area contributed by atoms with Crippen molar-refractivity contribution in [1.29, 1.82) is 0 Å². The molecule has 22 heavy (non-hydrogen) atoms. The first kappa shape index (κ1) is 15.9. The van der Waals surface area contributed by atoms with Gasteiger partial charge in [-0.3, -0.25) is 4.99 Å². The Balaban J connectivity index is 1.89. The van der Waals surface area contributed by atoms with Crippen LogP contribution in [0.15, 0.2) is 47.5 Å². The molecule has 0 unspecified atom stereocenters. The third-order valence-corrected chi connectivity index (χ3v) is 3.34. The fourth-order valence-electron chi connectivity index (χ4n) is 2.33. The van der Waals surface area contributed by atoms with Crippen molar-refractivity contribution in [3.8, 4) is 5.75 Å². The largest absolute Gasteiger partial charge is 0.497 e. The van der Waals surface area contributed by atoms with Gasteiger partial charge in [-0.2, -0.15) is 0 Å². The van der Waals surface area contributed by atoms with E-state index in [4.69, 9.17) is 10.5 Å². The first-order chi connectivity index (χ1) is 10.6. The number of nitrogens with two attached hydrogens (primary N) is 1. The maximum absolute atomic E-state index is 5.93. The molecule has 0 radical (unpaired) electrons. The summed E-state index contributed by atoms with van der Waals surface area (Å²) < 4.78 is 5.14. The lowest BCUT2D eigenvalue weighted by Gasteiger charge is -2.08. The molecule has 116 valence electrons. The number of rotatable bonds is 5. The Morgan fingerprint density at radius 1 is 1.09 bits per heavy atom. The Labute approximate surface area is 132 Å². The predicted octanol–water partition coefficient (Wildman–Crippen LogP) is 3.28. The van der Waals surface area contributed by atoms with Gasteiger partial charge in [-0.05, 0) is 61.2 Å². The van der Waals surface area contributed by atoms with Gasteiger partial charge in [-0.25, -0.2) is 0 Å². The van der Waals surface area contributed by atoms with Crippen LogP contribution >= 0.6 is 0 Å². The monoisotopic (exact) mass is 297 g/mol. The van der Waals surface area contributed by atoms with Crippen molar-refractivity contribution in [3.05, 3.63) is 59.2 Å². The van der Waals surface area contributed by atoms with E-state index in [1.165, 1.54) is 16.7 Å². The Hall–Kier alpha value is -2.49. The fourth-order valence-corrected chi connectivity index (χ4v) is 2.33. The quantitative estimate of drug-likeness (QED) is 0.657. The van der Waals surface area contributed by atoms with Crippen molar-refractivity contribution in [1.82, 2.24) is 0 Å². The number of hydrogen-bond acceptors (Lipinski definition) is 2. The highest BCUT2D eigenvalue weighted by Crippen LogP contribution is 2.14. The average Bonchev–Trinajstić information content (AvgIpc) is 2.47. The lowest BCUT2D eigenvalue weighted by molar-refractivity contribution is 0.414. The third-order valence-electron chi connectivity index (χ3n) is 3.34. The molecular formula is C18H23N3O. The van der Waals surface area contributed by atoms with Gasteiger partial charge in [0.25, 0.3) is 0 Å². The summed E-state index contributed by atoms with van der Waals surface area (Å²) in [6.07, 6.45) is 0.846. The molecule has 4 nitrogen and oxygen atoms in total. The van der Waals surface area contributed by atoms with Crippen LogP contribution in [0.5, 0.6) is 5.75 Å². The SMILES string of the molecule is COc1ccc(CCN=C(N)Nc2cc(C)cc(C)c2)cc1. The van der Waals surface area contributed by atoms with E-state index in [1.807, 2.05) is 24.3 Å². The van der Waals surface area contributed by atoms with E-state index in [0.29, 0.717) is 12.5 Å². The molecule has 2 aromatic rings. The molecule has 4 heteroatoms. The Morgan fingerprint density at radius 3 is 2.32 bits per heavy atom. The van der Waals surface area contributed by atoms with Crippen LogP contribution in [0.1, 0.15) is 16.7 Å². The molecule has 0 spiro atoms. The van der Waals surface area contributed by atoms with Crippen LogP contribution in [-0.4, -0.2) is 19.6 Å². The van der Waals surface area contributed by atoms with Crippen LogP contribution in [0.4, 0.5) is 5.69 Å². The standard InChI is InChI=1S/C18H23N3O/c1-13-10-14(2)12-16(11-13)21-18(19)20-9-8-15-4-6-17(22-3)7-5-15/h4-7,10-12H,8-9H2,1-3H3,(H3,19,20,21). The number of benzene rings is 2. The van der Waals surface area contributed by atoms with Gasteiger partial charge in [0, 0.05) is 12.2 Å². The van der Waals surface area contributed by atoms with Crippen LogP contribution in [0.2, 0.25) is 0 Å². The van der Waals surface area contributed by atoms with Gasteiger partial charge in [0.05, 0.1) is 7.11 Å². The van der Waals surface area contributed by atoms with Crippen molar-refractivity contribution >= 4 is 11.6 Å². The molecule has 0 aromatic heterocycles. The smallest absolute Gasteiger partial charge is 0.193 e. The molecule has 0 heterocycles. The number of nitrogens with zero attached hydrogens (tertiary/aromatic N) is 1. The molecular weight excluding hydrogens is 274 g/mol. The Morgan fingerprint density at radius 2 is 1.73 bits per heavy atom. The van der Waals surface area contributed by atoms with Gasteiger partial charge in [0.15, 0.2) is 5.96 Å². The molecule has 0 aliphatic rings. The second-order valence-electron chi connectivity index (χ2n) is 5.37. The van der Waals surface area contributed by atoms with Crippen LogP contribution in [-0.2, 0) is 6.42 Å². The fraction of sp³-hybridized carbons (Fsp3) is 0.278. The molecule has 0 saturated carbocycles. The summed E-state index contributed by atoms with van der Waals surface area (Å²) >= 11 is 0. The van der Waals surface area contributed by atoms with Crippen LogP contribution in [0.3, 0.4) is 0 Å². The minimum atomic E-state index is 0.443. The van der Waals surface area contributed by atoms with Gasteiger partial charge in [-0.1, -0.05) is 18.2 Å². The number of aliphatic imine (C=N–C) groups is 1. The van der Waals surface area contributed by atoms with Crippen molar-refractivity contribution in [2.24, 2.45) is 10.7 Å². The van der Waals surface area contributed by atoms with Crippen molar-refractivity contribution < 1.29 is 4.74 Å². The Kier molecular flexibility index (Phi) is 5.42. The molecule has 0 saturated heterocycles. The highest BCUT2D eigenvalue weighted by molar-refractivity contribution is 5.92. The maximum atomic E-state index is 5.93. The summed E-state index contributed by atoms with van der Waals surface area (Å²) in [6.45, 7) is 4.78. The normalized spacial score (nSPS) is 11.3. The number of nitrogens with one attached hydrogen (secondary N) is 1. The summed E-state index contributed by atoms with van der Waals surface area (Å²) in [5, 5.41) is 3.14. The Bertz CT molecular complexity index is 628. The summed E-state index contributed by atoms with van der Waals surface area (Å²) in [4.78, 5) is 4.37. The number of aryl methyl sites for hydroxylation is 2. The van der Waals surface area contributed by atoms with Gasteiger partial charge >= 0.3 is 0 Å². The second kappa shape index (κ2) is 7.50. The summed E-state index contributed by atoms with van der Waals surface area (Å²) in [5.41, 5.74) is 10.5. The van der Waals surface area contributed by atoms with E-state index in [0.717, 1.165) is 17.9 Å². The molecule has 2 aromatic carbocycles. The minimum absolute atomic E-state index is 0.443. The molecule has 0 bridgehead atoms. The van der Waals surface area contributed by atoms with Crippen LogP contribution < -0.4 is 15.8 Å². The first-order valence-corrected chi connectivity index (χ1v) is 7.35. The van der Waals surface area contributed by atoms with Crippen LogP contribution in [0.25, 0.3) is 0 Å². The summed E-state index contributed by atoms with van der Waals surface area (Å²) in [6, 6.07) is 14.2. The third kappa shape index (κ3) is 4.81. The van der Waals surface area contributed by atoms with E-state index in [2.05, 4.69) is 42.4 Å². The molecule has 2 rings (SSSR count). The van der Waals surface area contributed by atoms with Gasteiger partial charge in [0.1, 0.15) is 5.75 Å². The predicted molar refractivity (Wildman–Crippen MR) is 92.7 cm³/mol. The zero-order chi connectivity index (χ0) is 15.9. The van der Waals surface area contributed by atoms with Crippen molar-refractivity contribution in [3.63, 3.8) is 0 Å². The molecule has 0 aliphatic carbocycles. The van der Waals surface area contributed by atoms with Crippen LogP contribution in [0, 0.1) is 13.8 Å². The van der Waals surface area contributed by atoms with E-state index >= 15 is 0 Å². The lowest BCUT2D eigenvalue weighted by atomic mass is 10.1. The van der Waals surface area contributed by atoms with Gasteiger partial charge < -0.3 is 15.8 Å². The summed E-state index contributed by atoms with van der Waals surface area (Å²) in [7, 11) is 1.67. The maximum Gasteiger partial charge on any atom is 0.193 e. The van der Waals surface area contributed by atoms with Gasteiger partial charge in [0.2, 0.25) is 0 Å². The molecule has 0 aliphatic heterocycles. The topological polar surface area (TPSA) is 59.6 Å². The minimum Gasteiger partial charge on any atom is -0.497 e. The molecule has 0 amide bonds. The first-order valence-electron chi connectivity index (χ1n) is 7.35. The van der Waals surface area contributed by atoms with Crippen molar-refractivity contribution in [2.75, 3.05) is 19.0 Å². The molecule has 0 atom stereocenters. The zero-order valence-corrected chi connectivity index (χ0v) is 13.4.